The largest absolute Gasteiger partial charge is 0.313 e. The Morgan fingerprint density at radius 2 is 1.85 bits per heavy atom. The minimum absolute atomic E-state index is 0.0304. The molecule has 2 aromatic carbocycles. The van der Waals surface area contributed by atoms with Crippen molar-refractivity contribution in [1.82, 2.24) is 5.32 Å². The summed E-state index contributed by atoms with van der Waals surface area (Å²) in [6.07, 6.45) is 0.598. The van der Waals surface area contributed by atoms with E-state index in [9.17, 15) is 4.39 Å². The van der Waals surface area contributed by atoms with Gasteiger partial charge < -0.3 is 5.32 Å². The lowest BCUT2D eigenvalue weighted by molar-refractivity contribution is 0.584. The maximum Gasteiger partial charge on any atom is 0.123 e. The fourth-order valence-corrected chi connectivity index (χ4v) is 2.74. The smallest absolute Gasteiger partial charge is 0.123 e. The first-order valence-corrected chi connectivity index (χ1v) is 7.62. The zero-order valence-electron chi connectivity index (χ0n) is 10.8. The van der Waals surface area contributed by atoms with Crippen LogP contribution in [0.2, 0.25) is 10.0 Å². The second kappa shape index (κ2) is 6.90. The molecule has 0 heterocycles. The Morgan fingerprint density at radius 3 is 2.50 bits per heavy atom. The molecule has 0 saturated carbocycles. The number of hydrogen-bond acceptors (Lipinski definition) is 1. The van der Waals surface area contributed by atoms with Crippen LogP contribution in [-0.2, 0) is 6.42 Å². The third-order valence-electron chi connectivity index (χ3n) is 3.13. The molecular formula is C15H13BrCl2FN. The van der Waals surface area contributed by atoms with Crippen molar-refractivity contribution in [3.05, 3.63) is 67.9 Å². The van der Waals surface area contributed by atoms with Gasteiger partial charge in [0.25, 0.3) is 0 Å². The molecule has 20 heavy (non-hydrogen) atoms. The number of rotatable bonds is 4. The van der Waals surface area contributed by atoms with Crippen molar-refractivity contribution >= 4 is 39.1 Å². The summed E-state index contributed by atoms with van der Waals surface area (Å²) in [4.78, 5) is 0. The van der Waals surface area contributed by atoms with Gasteiger partial charge in [-0.1, -0.05) is 29.3 Å². The van der Waals surface area contributed by atoms with E-state index in [2.05, 4.69) is 21.2 Å². The van der Waals surface area contributed by atoms with Crippen LogP contribution < -0.4 is 5.32 Å². The van der Waals surface area contributed by atoms with Gasteiger partial charge in [0.2, 0.25) is 0 Å². The van der Waals surface area contributed by atoms with E-state index >= 15 is 0 Å². The van der Waals surface area contributed by atoms with Crippen LogP contribution in [0.4, 0.5) is 4.39 Å². The van der Waals surface area contributed by atoms with E-state index in [0.29, 0.717) is 16.5 Å². The summed E-state index contributed by atoms with van der Waals surface area (Å²) in [5.41, 5.74) is 1.83. The van der Waals surface area contributed by atoms with E-state index in [1.807, 2.05) is 25.2 Å². The molecule has 0 spiro atoms. The molecule has 2 aromatic rings. The highest BCUT2D eigenvalue weighted by molar-refractivity contribution is 9.10. The van der Waals surface area contributed by atoms with E-state index in [4.69, 9.17) is 23.2 Å². The van der Waals surface area contributed by atoms with Crippen LogP contribution in [0.25, 0.3) is 0 Å². The van der Waals surface area contributed by atoms with E-state index in [-0.39, 0.29) is 11.9 Å². The van der Waals surface area contributed by atoms with Gasteiger partial charge in [-0.2, -0.15) is 0 Å². The Morgan fingerprint density at radius 1 is 1.15 bits per heavy atom. The number of likely N-dealkylation sites (N-methyl/N-ethyl adjacent to an activating group) is 1. The predicted molar refractivity (Wildman–Crippen MR) is 86.1 cm³/mol. The minimum atomic E-state index is -0.281. The molecule has 2 rings (SSSR count). The van der Waals surface area contributed by atoms with Crippen molar-refractivity contribution in [1.29, 1.82) is 0 Å². The lowest BCUT2D eigenvalue weighted by Gasteiger charge is -2.18. The standard InChI is InChI=1S/C15H13BrCl2FN/c1-20-15(9-2-4-14(18)12(16)7-9)8-10-6-11(19)3-5-13(10)17/h2-7,15,20H,8H2,1H3. The molecule has 5 heteroatoms. The van der Waals surface area contributed by atoms with E-state index in [0.717, 1.165) is 15.6 Å². The predicted octanol–water partition coefficient (Wildman–Crippen LogP) is 5.40. The summed E-state index contributed by atoms with van der Waals surface area (Å²) in [6.45, 7) is 0. The first-order chi connectivity index (χ1) is 9.51. The van der Waals surface area contributed by atoms with Gasteiger partial charge in [0.15, 0.2) is 0 Å². The first-order valence-electron chi connectivity index (χ1n) is 6.07. The van der Waals surface area contributed by atoms with Gasteiger partial charge in [-0.05, 0) is 70.9 Å². The molecule has 1 N–H and O–H groups in total. The van der Waals surface area contributed by atoms with Crippen molar-refractivity contribution < 1.29 is 4.39 Å². The van der Waals surface area contributed by atoms with Crippen LogP contribution in [-0.4, -0.2) is 7.05 Å². The van der Waals surface area contributed by atoms with Crippen molar-refractivity contribution in [3.8, 4) is 0 Å². The molecule has 1 atom stereocenters. The summed E-state index contributed by atoms with van der Waals surface area (Å²) in [5.74, 6) is -0.281. The third kappa shape index (κ3) is 3.73. The lowest BCUT2D eigenvalue weighted by atomic mass is 9.99. The fourth-order valence-electron chi connectivity index (χ4n) is 2.04. The molecule has 0 radical (unpaired) electrons. The summed E-state index contributed by atoms with van der Waals surface area (Å²) in [6, 6.07) is 10.2. The summed E-state index contributed by atoms with van der Waals surface area (Å²) < 4.78 is 14.2. The molecular weight excluding hydrogens is 364 g/mol. The van der Waals surface area contributed by atoms with Crippen molar-refractivity contribution in [3.63, 3.8) is 0 Å². The normalized spacial score (nSPS) is 12.4. The number of nitrogens with one attached hydrogen (secondary N) is 1. The molecule has 0 amide bonds. The lowest BCUT2D eigenvalue weighted by Crippen LogP contribution is -2.19. The quantitative estimate of drug-likeness (QED) is 0.753. The maximum atomic E-state index is 13.3. The SMILES string of the molecule is CNC(Cc1cc(F)ccc1Cl)c1ccc(Cl)c(Br)c1. The topological polar surface area (TPSA) is 12.0 Å². The number of halogens is 4. The molecule has 0 aromatic heterocycles. The number of hydrogen-bond donors (Lipinski definition) is 1. The van der Waals surface area contributed by atoms with Gasteiger partial charge in [0.1, 0.15) is 5.82 Å². The number of benzene rings is 2. The fraction of sp³-hybridized carbons (Fsp3) is 0.200. The monoisotopic (exact) mass is 375 g/mol. The van der Waals surface area contributed by atoms with Gasteiger partial charge in [0, 0.05) is 15.5 Å². The van der Waals surface area contributed by atoms with Gasteiger partial charge in [-0.3, -0.25) is 0 Å². The van der Waals surface area contributed by atoms with E-state index in [1.54, 1.807) is 6.07 Å². The summed E-state index contributed by atoms with van der Waals surface area (Å²) in [7, 11) is 1.86. The van der Waals surface area contributed by atoms with Crippen molar-refractivity contribution in [2.45, 2.75) is 12.5 Å². The van der Waals surface area contributed by atoms with Crippen LogP contribution in [0.3, 0.4) is 0 Å². The highest BCUT2D eigenvalue weighted by Gasteiger charge is 2.14. The summed E-state index contributed by atoms with van der Waals surface area (Å²) in [5, 5.41) is 4.44. The first kappa shape index (κ1) is 15.8. The molecule has 1 unspecified atom stereocenters. The van der Waals surface area contributed by atoms with Crippen LogP contribution in [0, 0.1) is 5.82 Å². The van der Waals surface area contributed by atoms with Crippen molar-refractivity contribution in [2.75, 3.05) is 7.05 Å². The molecule has 0 saturated heterocycles. The highest BCUT2D eigenvalue weighted by Crippen LogP contribution is 2.29. The Bertz CT molecular complexity index is 619. The Balaban J connectivity index is 2.28. The van der Waals surface area contributed by atoms with Crippen LogP contribution in [0.15, 0.2) is 40.9 Å². The van der Waals surface area contributed by atoms with Crippen LogP contribution in [0.5, 0.6) is 0 Å². The van der Waals surface area contributed by atoms with Gasteiger partial charge in [-0.25, -0.2) is 4.39 Å². The Labute approximate surface area is 136 Å². The summed E-state index contributed by atoms with van der Waals surface area (Å²) >= 11 is 15.5. The van der Waals surface area contributed by atoms with Gasteiger partial charge in [0.05, 0.1) is 5.02 Å². The molecule has 0 aliphatic rings. The van der Waals surface area contributed by atoms with E-state index < -0.39 is 0 Å². The van der Waals surface area contributed by atoms with Gasteiger partial charge in [-0.15, -0.1) is 0 Å². The second-order valence-electron chi connectivity index (χ2n) is 4.45. The second-order valence-corrected chi connectivity index (χ2v) is 6.12. The van der Waals surface area contributed by atoms with Crippen LogP contribution >= 0.6 is 39.1 Å². The minimum Gasteiger partial charge on any atom is -0.313 e. The maximum absolute atomic E-state index is 13.3. The third-order valence-corrected chi connectivity index (χ3v) is 4.71. The molecule has 0 aliphatic carbocycles. The highest BCUT2D eigenvalue weighted by atomic mass is 79.9. The Kier molecular flexibility index (Phi) is 5.44. The zero-order chi connectivity index (χ0) is 14.7. The van der Waals surface area contributed by atoms with E-state index in [1.165, 1.54) is 12.1 Å². The van der Waals surface area contributed by atoms with Crippen molar-refractivity contribution in [2.24, 2.45) is 0 Å². The molecule has 0 aliphatic heterocycles. The molecule has 0 fully saturated rings. The van der Waals surface area contributed by atoms with Gasteiger partial charge >= 0.3 is 0 Å². The average Bonchev–Trinajstić information content (AvgIpc) is 2.43. The van der Waals surface area contributed by atoms with Crippen LogP contribution in [0.1, 0.15) is 17.2 Å². The zero-order valence-corrected chi connectivity index (χ0v) is 13.9. The molecule has 1 nitrogen and oxygen atoms in total. The molecule has 106 valence electrons. The Hall–Kier alpha value is -0.610. The average molecular weight is 377 g/mol. The molecule has 0 bridgehead atoms.